The minimum Gasteiger partial charge on any atom is -0.486 e. The number of amides is 1. The molecule has 0 aliphatic carbocycles. The van der Waals surface area contributed by atoms with Gasteiger partial charge in [-0.3, -0.25) is 14.9 Å². The van der Waals surface area contributed by atoms with E-state index in [-0.39, 0.29) is 17.7 Å². The number of hydrogen-bond donors (Lipinski definition) is 0. The molecule has 0 aromatic heterocycles. The minimum atomic E-state index is -0.404. The van der Waals surface area contributed by atoms with Crippen LogP contribution in [0.25, 0.3) is 0 Å². The number of anilines is 1. The molecule has 8 nitrogen and oxygen atoms in total. The number of nitro groups is 1. The van der Waals surface area contributed by atoms with Crippen molar-refractivity contribution < 1.29 is 19.2 Å². The maximum atomic E-state index is 13.0. The van der Waals surface area contributed by atoms with Gasteiger partial charge in [0.1, 0.15) is 12.3 Å². The predicted octanol–water partition coefficient (Wildman–Crippen LogP) is 3.74. The Kier molecular flexibility index (Phi) is 5.97. The Morgan fingerprint density at radius 2 is 1.90 bits per heavy atom. The van der Waals surface area contributed by atoms with Gasteiger partial charge in [0.25, 0.3) is 11.6 Å². The fraction of sp³-hybridized carbons (Fsp3) is 0.435. The molecule has 0 N–H and O–H groups in total. The standard InChI is InChI=1S/C23H27N3O5/c1-16-9-11-25(12-10-16)19-8-7-17(13-20(19)26(28)29)23(27)24(2)14-18-15-30-21-5-3-4-6-22(21)31-18/h3-8,13,16,18H,9-12,14-15H2,1-2H3/t18-/m0/s1. The van der Waals surface area contributed by atoms with Gasteiger partial charge in [-0.05, 0) is 43.0 Å². The summed E-state index contributed by atoms with van der Waals surface area (Å²) >= 11 is 0. The molecule has 164 valence electrons. The summed E-state index contributed by atoms with van der Waals surface area (Å²) in [6, 6.07) is 12.2. The molecule has 2 aromatic carbocycles. The molecule has 1 amide bonds. The first-order valence-corrected chi connectivity index (χ1v) is 10.6. The number of hydrogen-bond acceptors (Lipinski definition) is 6. The highest BCUT2D eigenvalue weighted by Gasteiger charge is 2.27. The Labute approximate surface area is 181 Å². The normalized spacial score (nSPS) is 18.5. The van der Waals surface area contributed by atoms with Gasteiger partial charge in [0.05, 0.1) is 11.5 Å². The molecule has 4 rings (SSSR count). The molecule has 1 saturated heterocycles. The van der Waals surface area contributed by atoms with Crippen molar-refractivity contribution in [2.24, 2.45) is 5.92 Å². The zero-order valence-corrected chi connectivity index (χ0v) is 17.8. The molecule has 2 aliphatic rings. The van der Waals surface area contributed by atoms with E-state index in [9.17, 15) is 14.9 Å². The van der Waals surface area contributed by atoms with E-state index in [2.05, 4.69) is 6.92 Å². The Hall–Kier alpha value is -3.29. The van der Waals surface area contributed by atoms with Crippen LogP contribution in [0.1, 0.15) is 30.1 Å². The third kappa shape index (κ3) is 4.57. The van der Waals surface area contributed by atoms with Crippen molar-refractivity contribution in [3.63, 3.8) is 0 Å². The number of para-hydroxylation sites is 2. The van der Waals surface area contributed by atoms with Crippen LogP contribution in [0.2, 0.25) is 0 Å². The number of benzene rings is 2. The molecule has 2 aliphatic heterocycles. The number of nitro benzene ring substituents is 1. The first kappa shape index (κ1) is 21.0. The summed E-state index contributed by atoms with van der Waals surface area (Å²) in [5.41, 5.74) is 0.845. The third-order valence-electron chi connectivity index (χ3n) is 5.94. The molecular formula is C23H27N3O5. The SMILES string of the molecule is CC1CCN(c2ccc(C(=O)N(C)C[C@H]3COc4ccccc4O3)cc2[N+](=O)[O-])CC1. The lowest BCUT2D eigenvalue weighted by atomic mass is 9.98. The van der Waals surface area contributed by atoms with Crippen molar-refractivity contribution in [2.75, 3.05) is 38.2 Å². The second-order valence-electron chi connectivity index (χ2n) is 8.31. The molecule has 8 heteroatoms. The Bertz CT molecular complexity index is 971. The summed E-state index contributed by atoms with van der Waals surface area (Å²) in [7, 11) is 1.66. The summed E-state index contributed by atoms with van der Waals surface area (Å²) in [6.07, 6.45) is 1.70. The lowest BCUT2D eigenvalue weighted by molar-refractivity contribution is -0.384. The van der Waals surface area contributed by atoms with E-state index in [0.717, 1.165) is 25.9 Å². The van der Waals surface area contributed by atoms with Crippen molar-refractivity contribution >= 4 is 17.3 Å². The highest BCUT2D eigenvalue weighted by molar-refractivity contribution is 5.95. The molecule has 0 spiro atoms. The van der Waals surface area contributed by atoms with Crippen LogP contribution < -0.4 is 14.4 Å². The number of carbonyl (C=O) groups excluding carboxylic acids is 1. The second kappa shape index (κ2) is 8.83. The summed E-state index contributed by atoms with van der Waals surface area (Å²) in [4.78, 5) is 27.8. The van der Waals surface area contributed by atoms with Gasteiger partial charge in [0.15, 0.2) is 17.6 Å². The summed E-state index contributed by atoms with van der Waals surface area (Å²) in [6.45, 7) is 4.42. The Morgan fingerprint density at radius 1 is 1.19 bits per heavy atom. The molecule has 0 bridgehead atoms. The Balaban J connectivity index is 1.46. The van der Waals surface area contributed by atoms with E-state index < -0.39 is 4.92 Å². The van der Waals surface area contributed by atoms with Crippen molar-refractivity contribution in [2.45, 2.75) is 25.9 Å². The minimum absolute atomic E-state index is 0.0278. The number of ether oxygens (including phenoxy) is 2. The van der Waals surface area contributed by atoms with Crippen molar-refractivity contribution in [1.82, 2.24) is 4.90 Å². The largest absolute Gasteiger partial charge is 0.486 e. The fourth-order valence-electron chi connectivity index (χ4n) is 4.08. The third-order valence-corrected chi connectivity index (χ3v) is 5.94. The van der Waals surface area contributed by atoms with E-state index in [0.29, 0.717) is 41.8 Å². The molecule has 0 saturated carbocycles. The molecule has 1 fully saturated rings. The van der Waals surface area contributed by atoms with Gasteiger partial charge < -0.3 is 19.3 Å². The zero-order chi connectivity index (χ0) is 22.0. The average Bonchev–Trinajstić information content (AvgIpc) is 2.78. The van der Waals surface area contributed by atoms with E-state index in [4.69, 9.17) is 9.47 Å². The van der Waals surface area contributed by atoms with E-state index >= 15 is 0 Å². The van der Waals surface area contributed by atoms with Crippen LogP contribution in [0.5, 0.6) is 11.5 Å². The highest BCUT2D eigenvalue weighted by Crippen LogP contribution is 2.33. The monoisotopic (exact) mass is 425 g/mol. The van der Waals surface area contributed by atoms with Crippen LogP contribution >= 0.6 is 0 Å². The number of nitrogens with zero attached hydrogens (tertiary/aromatic N) is 3. The van der Waals surface area contributed by atoms with Gasteiger partial charge >= 0.3 is 0 Å². The number of likely N-dealkylation sites (N-methyl/N-ethyl adjacent to an activating group) is 1. The van der Waals surface area contributed by atoms with E-state index in [1.165, 1.54) is 11.0 Å². The second-order valence-corrected chi connectivity index (χ2v) is 8.31. The summed E-state index contributed by atoms with van der Waals surface area (Å²) in [5.74, 6) is 1.67. The maximum Gasteiger partial charge on any atom is 0.293 e. The van der Waals surface area contributed by atoms with Gasteiger partial charge in [0, 0.05) is 31.8 Å². The molecule has 2 aromatic rings. The molecule has 0 unspecified atom stereocenters. The topological polar surface area (TPSA) is 85.2 Å². The van der Waals surface area contributed by atoms with Crippen LogP contribution in [0.15, 0.2) is 42.5 Å². The van der Waals surface area contributed by atoms with Crippen LogP contribution in [0.4, 0.5) is 11.4 Å². The number of carbonyl (C=O) groups is 1. The van der Waals surface area contributed by atoms with E-state index in [1.54, 1.807) is 19.2 Å². The van der Waals surface area contributed by atoms with Crippen molar-refractivity contribution in [3.05, 3.63) is 58.1 Å². The first-order valence-electron chi connectivity index (χ1n) is 10.6. The van der Waals surface area contributed by atoms with Gasteiger partial charge in [-0.15, -0.1) is 0 Å². The lowest BCUT2D eigenvalue weighted by Gasteiger charge is -2.32. The predicted molar refractivity (Wildman–Crippen MR) is 117 cm³/mol. The molecule has 0 radical (unpaired) electrons. The van der Waals surface area contributed by atoms with Gasteiger partial charge in [-0.25, -0.2) is 0 Å². The highest BCUT2D eigenvalue weighted by atomic mass is 16.6. The van der Waals surface area contributed by atoms with Gasteiger partial charge in [-0.2, -0.15) is 0 Å². The quantitative estimate of drug-likeness (QED) is 0.536. The maximum absolute atomic E-state index is 13.0. The van der Waals surface area contributed by atoms with E-state index in [1.807, 2.05) is 29.2 Å². The van der Waals surface area contributed by atoms with Crippen LogP contribution in [-0.2, 0) is 0 Å². The molecular weight excluding hydrogens is 398 g/mol. The van der Waals surface area contributed by atoms with Gasteiger partial charge in [-0.1, -0.05) is 19.1 Å². The molecule has 31 heavy (non-hydrogen) atoms. The van der Waals surface area contributed by atoms with Crippen molar-refractivity contribution in [1.29, 1.82) is 0 Å². The zero-order valence-electron chi connectivity index (χ0n) is 17.8. The number of fused-ring (bicyclic) bond motifs is 1. The smallest absolute Gasteiger partial charge is 0.293 e. The Morgan fingerprint density at radius 3 is 2.61 bits per heavy atom. The summed E-state index contributed by atoms with van der Waals surface area (Å²) < 4.78 is 11.6. The first-order chi connectivity index (χ1) is 14.9. The summed E-state index contributed by atoms with van der Waals surface area (Å²) in [5, 5.41) is 11.7. The van der Waals surface area contributed by atoms with Crippen LogP contribution in [-0.4, -0.2) is 55.1 Å². The average molecular weight is 425 g/mol. The van der Waals surface area contributed by atoms with Gasteiger partial charge in [0.2, 0.25) is 0 Å². The molecule has 2 heterocycles. The molecule has 1 atom stereocenters. The van der Waals surface area contributed by atoms with Crippen LogP contribution in [0, 0.1) is 16.0 Å². The fourth-order valence-corrected chi connectivity index (χ4v) is 4.08. The number of piperidine rings is 1. The lowest BCUT2D eigenvalue weighted by Crippen LogP contribution is -2.41. The van der Waals surface area contributed by atoms with Crippen LogP contribution in [0.3, 0.4) is 0 Å². The number of rotatable bonds is 5. The van der Waals surface area contributed by atoms with Crippen molar-refractivity contribution in [3.8, 4) is 11.5 Å².